The van der Waals surface area contributed by atoms with Crippen LogP contribution in [-0.4, -0.2) is 47.4 Å². The van der Waals surface area contributed by atoms with Crippen molar-refractivity contribution in [3.8, 4) is 0 Å². The molecule has 0 saturated carbocycles. The van der Waals surface area contributed by atoms with Crippen molar-refractivity contribution >= 4 is 40.8 Å². The third-order valence-corrected chi connectivity index (χ3v) is 5.80. The maximum atomic E-state index is 12.9. The Morgan fingerprint density at radius 2 is 2.10 bits per heavy atom. The van der Waals surface area contributed by atoms with Crippen molar-refractivity contribution in [1.82, 2.24) is 20.5 Å². The van der Waals surface area contributed by atoms with Gasteiger partial charge >= 0.3 is 0 Å². The van der Waals surface area contributed by atoms with E-state index in [-0.39, 0.29) is 30.8 Å². The van der Waals surface area contributed by atoms with Crippen molar-refractivity contribution in [1.29, 1.82) is 0 Å². The number of halogens is 2. The fraction of sp³-hybridized carbons (Fsp3) is 0.381. The quantitative estimate of drug-likeness (QED) is 0.602. The lowest BCUT2D eigenvalue weighted by Gasteiger charge is -2.24. The Balaban J connectivity index is 1.72. The first-order valence-electron chi connectivity index (χ1n) is 9.76. The number of nitrogens with zero attached hydrogens (tertiary/aromatic N) is 2. The van der Waals surface area contributed by atoms with Gasteiger partial charge in [0.25, 0.3) is 0 Å². The molecule has 2 atom stereocenters. The van der Waals surface area contributed by atoms with Crippen LogP contribution in [0.4, 0.5) is 5.82 Å². The zero-order valence-corrected chi connectivity index (χ0v) is 18.2. The van der Waals surface area contributed by atoms with Crippen molar-refractivity contribution in [3.63, 3.8) is 0 Å². The van der Waals surface area contributed by atoms with Gasteiger partial charge in [0.05, 0.1) is 6.04 Å². The predicted octanol–water partition coefficient (Wildman–Crippen LogP) is 2.41. The van der Waals surface area contributed by atoms with E-state index in [2.05, 4.69) is 15.6 Å². The van der Waals surface area contributed by atoms with E-state index in [0.29, 0.717) is 15.9 Å². The number of likely N-dealkylation sites (tertiary alicyclic amines) is 1. The monoisotopic (exact) mass is 449 g/mol. The van der Waals surface area contributed by atoms with E-state index in [1.807, 2.05) is 11.9 Å². The SMILES string of the molecule is CN1CCC[C@@H]1C(=O)N[C@@H](Cc1ccc(Cl)cc1Cl)C(=O)NCc1ccc(N)nc1. The van der Waals surface area contributed by atoms with E-state index >= 15 is 0 Å². The molecule has 4 N–H and O–H groups in total. The molecule has 1 aromatic carbocycles. The molecule has 0 unspecified atom stereocenters. The lowest BCUT2D eigenvalue weighted by atomic mass is 10.0. The first-order chi connectivity index (χ1) is 14.3. The van der Waals surface area contributed by atoms with Crippen LogP contribution in [0.1, 0.15) is 24.0 Å². The van der Waals surface area contributed by atoms with Gasteiger partial charge in [-0.05, 0) is 55.8 Å². The number of hydrogen-bond donors (Lipinski definition) is 3. The summed E-state index contributed by atoms with van der Waals surface area (Å²) >= 11 is 12.3. The number of aromatic nitrogens is 1. The van der Waals surface area contributed by atoms with Crippen molar-refractivity contribution in [2.75, 3.05) is 19.3 Å². The molecule has 2 amide bonds. The van der Waals surface area contributed by atoms with Gasteiger partial charge in [0.15, 0.2) is 0 Å². The summed E-state index contributed by atoms with van der Waals surface area (Å²) in [5.74, 6) is -0.0468. The number of carbonyl (C=O) groups excluding carboxylic acids is 2. The first-order valence-corrected chi connectivity index (χ1v) is 10.5. The largest absolute Gasteiger partial charge is 0.384 e. The highest BCUT2D eigenvalue weighted by atomic mass is 35.5. The van der Waals surface area contributed by atoms with Gasteiger partial charge in [-0.3, -0.25) is 14.5 Å². The number of nitrogens with one attached hydrogen (secondary N) is 2. The number of anilines is 1. The summed E-state index contributed by atoms with van der Waals surface area (Å²) in [6, 6.07) is 7.56. The van der Waals surface area contributed by atoms with Crippen molar-refractivity contribution in [3.05, 3.63) is 57.7 Å². The number of rotatable bonds is 7. The van der Waals surface area contributed by atoms with Crippen LogP contribution < -0.4 is 16.4 Å². The van der Waals surface area contributed by atoms with Crippen LogP contribution in [0.2, 0.25) is 10.0 Å². The minimum absolute atomic E-state index is 0.158. The Morgan fingerprint density at radius 1 is 1.30 bits per heavy atom. The summed E-state index contributed by atoms with van der Waals surface area (Å²) < 4.78 is 0. The predicted molar refractivity (Wildman–Crippen MR) is 118 cm³/mol. The van der Waals surface area contributed by atoms with E-state index < -0.39 is 6.04 Å². The normalized spacial score (nSPS) is 17.5. The van der Waals surface area contributed by atoms with Crippen molar-refractivity contribution in [2.24, 2.45) is 0 Å². The molecule has 0 spiro atoms. The van der Waals surface area contributed by atoms with Gasteiger partial charge in [-0.15, -0.1) is 0 Å². The van der Waals surface area contributed by atoms with E-state index in [0.717, 1.165) is 30.5 Å². The third-order valence-electron chi connectivity index (χ3n) is 5.21. The van der Waals surface area contributed by atoms with Gasteiger partial charge in [0, 0.05) is 29.2 Å². The molecule has 1 saturated heterocycles. The molecule has 9 heteroatoms. The van der Waals surface area contributed by atoms with Crippen LogP contribution in [-0.2, 0) is 22.6 Å². The fourth-order valence-electron chi connectivity index (χ4n) is 3.48. The number of likely N-dealkylation sites (N-methyl/N-ethyl adjacent to an activating group) is 1. The van der Waals surface area contributed by atoms with Gasteiger partial charge < -0.3 is 16.4 Å². The lowest BCUT2D eigenvalue weighted by Crippen LogP contribution is -2.52. The Morgan fingerprint density at radius 3 is 2.73 bits per heavy atom. The minimum atomic E-state index is -0.771. The molecule has 1 aliphatic rings. The van der Waals surface area contributed by atoms with Gasteiger partial charge in [0.1, 0.15) is 11.9 Å². The van der Waals surface area contributed by atoms with Gasteiger partial charge in [-0.25, -0.2) is 4.98 Å². The summed E-state index contributed by atoms with van der Waals surface area (Å²) in [4.78, 5) is 31.8. The molecule has 3 rings (SSSR count). The number of nitrogen functional groups attached to an aromatic ring is 1. The topological polar surface area (TPSA) is 100 Å². The zero-order chi connectivity index (χ0) is 21.7. The lowest BCUT2D eigenvalue weighted by molar-refractivity contribution is -0.131. The molecule has 1 aromatic heterocycles. The van der Waals surface area contributed by atoms with E-state index in [1.54, 1.807) is 36.5 Å². The molecule has 2 heterocycles. The van der Waals surface area contributed by atoms with Crippen molar-refractivity contribution in [2.45, 2.75) is 37.9 Å². The van der Waals surface area contributed by atoms with Gasteiger partial charge in [-0.1, -0.05) is 35.3 Å². The highest BCUT2D eigenvalue weighted by molar-refractivity contribution is 6.35. The second-order valence-electron chi connectivity index (χ2n) is 7.45. The van der Waals surface area contributed by atoms with Gasteiger partial charge in [0.2, 0.25) is 11.8 Å². The molecular formula is C21H25Cl2N5O2. The Labute approximate surface area is 185 Å². The molecule has 30 heavy (non-hydrogen) atoms. The smallest absolute Gasteiger partial charge is 0.243 e. The number of nitrogens with two attached hydrogens (primary N) is 1. The first kappa shape index (κ1) is 22.3. The maximum absolute atomic E-state index is 12.9. The summed E-state index contributed by atoms with van der Waals surface area (Å²) in [5.41, 5.74) is 7.14. The summed E-state index contributed by atoms with van der Waals surface area (Å²) in [6.07, 6.45) is 3.59. The second-order valence-corrected chi connectivity index (χ2v) is 8.29. The third kappa shape index (κ3) is 5.84. The Kier molecular flexibility index (Phi) is 7.53. The second kappa shape index (κ2) is 10.1. The number of carbonyl (C=O) groups is 2. The number of benzene rings is 1. The molecule has 2 aromatic rings. The molecule has 0 bridgehead atoms. The van der Waals surface area contributed by atoms with Gasteiger partial charge in [-0.2, -0.15) is 0 Å². The minimum Gasteiger partial charge on any atom is -0.384 e. The van der Waals surface area contributed by atoms with E-state index in [1.165, 1.54) is 0 Å². The maximum Gasteiger partial charge on any atom is 0.243 e. The van der Waals surface area contributed by atoms with Crippen LogP contribution in [0.15, 0.2) is 36.5 Å². The molecule has 7 nitrogen and oxygen atoms in total. The van der Waals surface area contributed by atoms with Crippen LogP contribution in [0.25, 0.3) is 0 Å². The average Bonchev–Trinajstić information content (AvgIpc) is 3.14. The molecule has 1 aliphatic heterocycles. The van der Waals surface area contributed by atoms with Crippen LogP contribution >= 0.6 is 23.2 Å². The Hall–Kier alpha value is -2.35. The molecule has 1 fully saturated rings. The Bertz CT molecular complexity index is 907. The van der Waals surface area contributed by atoms with Crippen LogP contribution in [0, 0.1) is 0 Å². The molecule has 160 valence electrons. The summed E-state index contributed by atoms with van der Waals surface area (Å²) in [5, 5.41) is 6.73. The van der Waals surface area contributed by atoms with Crippen LogP contribution in [0.5, 0.6) is 0 Å². The number of amides is 2. The summed E-state index contributed by atoms with van der Waals surface area (Å²) in [7, 11) is 1.91. The molecular weight excluding hydrogens is 425 g/mol. The highest BCUT2D eigenvalue weighted by Crippen LogP contribution is 2.22. The number of hydrogen-bond acceptors (Lipinski definition) is 5. The van der Waals surface area contributed by atoms with Crippen LogP contribution in [0.3, 0.4) is 0 Å². The standard InChI is InChI=1S/C21H25Cl2N5O2/c1-28-8-2-3-18(28)21(30)27-17(9-14-5-6-15(22)10-16(14)23)20(29)26-12-13-4-7-19(24)25-11-13/h4-7,10-11,17-18H,2-3,8-9,12H2,1H3,(H2,24,25)(H,26,29)(H,27,30)/t17-,18+/m0/s1. The summed E-state index contributed by atoms with van der Waals surface area (Å²) in [6.45, 7) is 1.14. The number of pyridine rings is 1. The average molecular weight is 450 g/mol. The fourth-order valence-corrected chi connectivity index (χ4v) is 3.96. The van der Waals surface area contributed by atoms with E-state index in [9.17, 15) is 9.59 Å². The molecule has 0 radical (unpaired) electrons. The van der Waals surface area contributed by atoms with E-state index in [4.69, 9.17) is 28.9 Å². The highest BCUT2D eigenvalue weighted by Gasteiger charge is 2.31. The zero-order valence-electron chi connectivity index (χ0n) is 16.7. The molecule has 0 aliphatic carbocycles. The van der Waals surface area contributed by atoms with Crippen molar-refractivity contribution < 1.29 is 9.59 Å².